The predicted octanol–water partition coefficient (Wildman–Crippen LogP) is 2.33. The number of nitrogens with zero attached hydrogens (tertiary/aromatic N) is 3. The Bertz CT molecular complexity index is 713. The van der Waals surface area contributed by atoms with E-state index < -0.39 is 0 Å². The Labute approximate surface area is 187 Å². The van der Waals surface area contributed by atoms with E-state index in [-0.39, 0.29) is 12.0 Å². The Morgan fingerprint density at radius 3 is 2.55 bits per heavy atom. The molecule has 2 N–H and O–H groups in total. The van der Waals surface area contributed by atoms with Crippen LogP contribution in [0, 0.1) is 5.92 Å². The van der Waals surface area contributed by atoms with Gasteiger partial charge in [0, 0.05) is 58.4 Å². The van der Waals surface area contributed by atoms with Crippen LogP contribution in [0.2, 0.25) is 0 Å². The zero-order valence-electron chi connectivity index (χ0n) is 19.4. The first kappa shape index (κ1) is 23.5. The molecule has 1 aromatic rings. The van der Waals surface area contributed by atoms with E-state index in [1.54, 1.807) is 7.05 Å². The molecule has 0 radical (unpaired) electrons. The maximum Gasteiger partial charge on any atom is 0.253 e. The zero-order valence-corrected chi connectivity index (χ0v) is 19.4. The van der Waals surface area contributed by atoms with Gasteiger partial charge in [0.05, 0.1) is 12.7 Å². The van der Waals surface area contributed by atoms with Gasteiger partial charge in [-0.25, -0.2) is 0 Å². The quantitative estimate of drug-likeness (QED) is 0.514. The number of aliphatic imine (C=N–C) groups is 1. The topological polar surface area (TPSA) is 69.2 Å². The summed E-state index contributed by atoms with van der Waals surface area (Å²) in [7, 11) is 1.78. The minimum Gasteiger partial charge on any atom is -0.374 e. The number of piperidine rings is 1. The maximum absolute atomic E-state index is 12.6. The van der Waals surface area contributed by atoms with Gasteiger partial charge in [-0.15, -0.1) is 0 Å². The molecule has 0 spiro atoms. The van der Waals surface area contributed by atoms with Crippen LogP contribution in [-0.2, 0) is 11.3 Å². The highest BCUT2D eigenvalue weighted by Crippen LogP contribution is 2.14. The van der Waals surface area contributed by atoms with Gasteiger partial charge in [-0.05, 0) is 42.9 Å². The van der Waals surface area contributed by atoms with Crippen LogP contribution in [0.25, 0.3) is 0 Å². The minimum atomic E-state index is 0.149. The molecule has 1 atom stereocenters. The molecule has 2 aliphatic heterocycles. The van der Waals surface area contributed by atoms with E-state index in [0.717, 1.165) is 75.8 Å². The van der Waals surface area contributed by atoms with Gasteiger partial charge < -0.3 is 20.3 Å². The van der Waals surface area contributed by atoms with Gasteiger partial charge >= 0.3 is 0 Å². The molecule has 7 heteroatoms. The Morgan fingerprint density at radius 1 is 1.13 bits per heavy atom. The van der Waals surface area contributed by atoms with Crippen molar-refractivity contribution in [3.63, 3.8) is 0 Å². The number of likely N-dealkylation sites (tertiary alicyclic amines) is 1. The van der Waals surface area contributed by atoms with Gasteiger partial charge in [0.1, 0.15) is 0 Å². The monoisotopic (exact) mass is 429 g/mol. The second-order valence-corrected chi connectivity index (χ2v) is 9.00. The van der Waals surface area contributed by atoms with Crippen molar-refractivity contribution in [3.8, 4) is 0 Å². The summed E-state index contributed by atoms with van der Waals surface area (Å²) < 4.78 is 5.91. The Kier molecular flexibility index (Phi) is 9.15. The first-order chi connectivity index (χ1) is 15.0. The van der Waals surface area contributed by atoms with Gasteiger partial charge in [-0.2, -0.15) is 0 Å². The number of carbonyl (C=O) groups is 1. The molecule has 7 nitrogen and oxygen atoms in total. The van der Waals surface area contributed by atoms with Crippen molar-refractivity contribution in [2.75, 3.05) is 52.9 Å². The van der Waals surface area contributed by atoms with E-state index in [4.69, 9.17) is 4.74 Å². The summed E-state index contributed by atoms with van der Waals surface area (Å²) in [5, 5.41) is 6.74. The van der Waals surface area contributed by atoms with Crippen molar-refractivity contribution >= 4 is 11.9 Å². The second kappa shape index (κ2) is 12.1. The Balaban J connectivity index is 1.42. The molecule has 1 unspecified atom stereocenters. The van der Waals surface area contributed by atoms with Gasteiger partial charge in [-0.1, -0.05) is 26.0 Å². The van der Waals surface area contributed by atoms with E-state index in [0.29, 0.717) is 12.5 Å². The van der Waals surface area contributed by atoms with Gasteiger partial charge in [0.15, 0.2) is 5.96 Å². The summed E-state index contributed by atoms with van der Waals surface area (Å²) in [6.07, 6.45) is 3.63. The molecule has 0 saturated carbocycles. The summed E-state index contributed by atoms with van der Waals surface area (Å²) in [4.78, 5) is 21.4. The smallest absolute Gasteiger partial charge is 0.253 e. The van der Waals surface area contributed by atoms with E-state index in [2.05, 4.69) is 34.4 Å². The number of benzene rings is 1. The predicted molar refractivity (Wildman–Crippen MR) is 125 cm³/mol. The molecule has 2 saturated heterocycles. The molecule has 172 valence electrons. The summed E-state index contributed by atoms with van der Waals surface area (Å²) in [5.74, 6) is 1.58. The molecule has 0 aromatic heterocycles. The largest absolute Gasteiger partial charge is 0.374 e. The number of ether oxygens (including phenoxy) is 1. The Hall–Kier alpha value is -2.12. The lowest BCUT2D eigenvalue weighted by Gasteiger charge is -2.34. The number of nitrogens with one attached hydrogen (secondary N) is 2. The van der Waals surface area contributed by atoms with E-state index >= 15 is 0 Å². The number of morpholine rings is 1. The highest BCUT2D eigenvalue weighted by Gasteiger charge is 2.21. The first-order valence-electron chi connectivity index (χ1n) is 11.7. The fourth-order valence-electron chi connectivity index (χ4n) is 4.25. The molecule has 2 heterocycles. The number of rotatable bonds is 7. The highest BCUT2D eigenvalue weighted by molar-refractivity contribution is 5.94. The van der Waals surface area contributed by atoms with Gasteiger partial charge in [0.2, 0.25) is 0 Å². The average Bonchev–Trinajstić information content (AvgIpc) is 2.79. The molecule has 0 bridgehead atoms. The summed E-state index contributed by atoms with van der Waals surface area (Å²) in [6.45, 7) is 11.5. The number of carbonyl (C=O) groups excluding carboxylic acids is 1. The molecular weight excluding hydrogens is 390 g/mol. The van der Waals surface area contributed by atoms with Crippen molar-refractivity contribution in [3.05, 3.63) is 35.4 Å². The lowest BCUT2D eigenvalue weighted by atomic mass is 10.1. The highest BCUT2D eigenvalue weighted by atomic mass is 16.5. The third-order valence-electron chi connectivity index (χ3n) is 5.87. The molecule has 31 heavy (non-hydrogen) atoms. The Morgan fingerprint density at radius 2 is 1.87 bits per heavy atom. The normalized spacial score (nSPS) is 20.7. The molecule has 3 rings (SSSR count). The summed E-state index contributed by atoms with van der Waals surface area (Å²) in [5.41, 5.74) is 1.89. The molecule has 2 fully saturated rings. The van der Waals surface area contributed by atoms with E-state index in [1.165, 1.54) is 6.42 Å². The lowest BCUT2D eigenvalue weighted by molar-refractivity contribution is -0.0284. The molecule has 1 aromatic carbocycles. The number of guanidine groups is 1. The van der Waals surface area contributed by atoms with Crippen molar-refractivity contribution in [2.24, 2.45) is 10.9 Å². The first-order valence-corrected chi connectivity index (χ1v) is 11.7. The third kappa shape index (κ3) is 7.51. The standard InChI is InChI=1S/C24H39N5O2/c1-19(2)17-28-13-14-31-22(18-28)16-27-24(25-3)26-15-20-7-9-21(10-8-20)23(30)29-11-5-4-6-12-29/h7-10,19,22H,4-6,11-18H2,1-3H3,(H2,25,26,27). The molecule has 1 amide bonds. The third-order valence-corrected chi connectivity index (χ3v) is 5.87. The molecule has 0 aliphatic carbocycles. The average molecular weight is 430 g/mol. The number of hydrogen-bond donors (Lipinski definition) is 2. The SMILES string of the molecule is CN=C(NCc1ccc(C(=O)N2CCCCC2)cc1)NCC1CN(CC(C)C)CCO1. The van der Waals surface area contributed by atoms with Gasteiger partial charge in [-0.3, -0.25) is 14.7 Å². The molecule has 2 aliphatic rings. The summed E-state index contributed by atoms with van der Waals surface area (Å²) >= 11 is 0. The van der Waals surface area contributed by atoms with Crippen LogP contribution >= 0.6 is 0 Å². The van der Waals surface area contributed by atoms with E-state index in [9.17, 15) is 4.79 Å². The fourth-order valence-corrected chi connectivity index (χ4v) is 4.25. The van der Waals surface area contributed by atoms with Crippen molar-refractivity contribution in [1.82, 2.24) is 20.4 Å². The number of amides is 1. The fraction of sp³-hybridized carbons (Fsp3) is 0.667. The maximum atomic E-state index is 12.6. The van der Waals surface area contributed by atoms with Crippen LogP contribution in [0.3, 0.4) is 0 Å². The number of hydrogen-bond acceptors (Lipinski definition) is 4. The summed E-state index contributed by atoms with van der Waals surface area (Å²) in [6, 6.07) is 7.91. The van der Waals surface area contributed by atoms with Crippen LogP contribution < -0.4 is 10.6 Å². The van der Waals surface area contributed by atoms with Crippen LogP contribution in [0.15, 0.2) is 29.3 Å². The van der Waals surface area contributed by atoms with Crippen LogP contribution in [0.4, 0.5) is 0 Å². The minimum absolute atomic E-state index is 0.149. The van der Waals surface area contributed by atoms with Crippen LogP contribution in [0.5, 0.6) is 0 Å². The van der Waals surface area contributed by atoms with Crippen LogP contribution in [-0.4, -0.2) is 80.7 Å². The van der Waals surface area contributed by atoms with Crippen LogP contribution in [0.1, 0.15) is 49.0 Å². The lowest BCUT2D eigenvalue weighted by Crippen LogP contribution is -2.50. The molecular formula is C24H39N5O2. The zero-order chi connectivity index (χ0) is 22.1. The van der Waals surface area contributed by atoms with E-state index in [1.807, 2.05) is 29.2 Å². The van der Waals surface area contributed by atoms with Crippen molar-refractivity contribution in [2.45, 2.75) is 45.8 Å². The van der Waals surface area contributed by atoms with Crippen molar-refractivity contribution < 1.29 is 9.53 Å². The van der Waals surface area contributed by atoms with Crippen molar-refractivity contribution in [1.29, 1.82) is 0 Å². The second-order valence-electron chi connectivity index (χ2n) is 9.00. The van der Waals surface area contributed by atoms with Gasteiger partial charge in [0.25, 0.3) is 5.91 Å².